The second-order valence-electron chi connectivity index (χ2n) is 3.90. The number of Topliss-reactive ketones (excluding diaryl/α,β-unsaturated/α-hetero) is 1. The third-order valence-electron chi connectivity index (χ3n) is 2.52. The molecule has 5 heteroatoms. The molecule has 5 nitrogen and oxygen atoms in total. The fourth-order valence-corrected chi connectivity index (χ4v) is 1.57. The van der Waals surface area contributed by atoms with Crippen molar-refractivity contribution in [3.63, 3.8) is 0 Å². The van der Waals surface area contributed by atoms with E-state index in [1.807, 2.05) is 0 Å². The second kappa shape index (κ2) is 5.77. The average molecular weight is 239 g/mol. The summed E-state index contributed by atoms with van der Waals surface area (Å²) in [6.45, 7) is 1.58. The van der Waals surface area contributed by atoms with Crippen LogP contribution in [0.2, 0.25) is 0 Å². The molecule has 94 valence electrons. The molecule has 4 N–H and O–H groups in total. The molecule has 0 fully saturated rings. The Morgan fingerprint density at radius 1 is 1.41 bits per heavy atom. The highest BCUT2D eigenvalue weighted by atomic mass is 16.3. The Hall–Kier alpha value is -1.43. The van der Waals surface area contributed by atoms with Gasteiger partial charge in [-0.1, -0.05) is 6.07 Å². The highest BCUT2D eigenvalue weighted by molar-refractivity contribution is 5.96. The van der Waals surface area contributed by atoms with Gasteiger partial charge < -0.3 is 20.6 Å². The Kier molecular flexibility index (Phi) is 4.62. The monoisotopic (exact) mass is 239 g/mol. The predicted octanol–water partition coefficient (Wildman–Crippen LogP) is 0.209. The molecule has 0 aromatic heterocycles. The first-order valence-corrected chi connectivity index (χ1v) is 5.32. The Balaban J connectivity index is 2.93. The van der Waals surface area contributed by atoms with Gasteiger partial charge in [0, 0.05) is 6.54 Å². The van der Waals surface area contributed by atoms with Crippen molar-refractivity contribution in [2.75, 3.05) is 13.6 Å². The third-order valence-corrected chi connectivity index (χ3v) is 2.52. The number of benzene rings is 1. The summed E-state index contributed by atoms with van der Waals surface area (Å²) in [6.07, 6.45) is -2.07. The molecule has 0 amide bonds. The SMILES string of the molecule is CNCC(O)C(O)c1ccc(C(C)=O)c(O)c1. The van der Waals surface area contributed by atoms with E-state index in [2.05, 4.69) is 5.32 Å². The largest absolute Gasteiger partial charge is 0.507 e. The second-order valence-corrected chi connectivity index (χ2v) is 3.90. The molecule has 0 saturated carbocycles. The first-order valence-electron chi connectivity index (χ1n) is 5.32. The van der Waals surface area contributed by atoms with Crippen molar-refractivity contribution in [2.45, 2.75) is 19.1 Å². The van der Waals surface area contributed by atoms with Gasteiger partial charge in [0.2, 0.25) is 0 Å². The number of phenols is 1. The van der Waals surface area contributed by atoms with E-state index in [1.54, 1.807) is 7.05 Å². The summed E-state index contributed by atoms with van der Waals surface area (Å²) < 4.78 is 0. The van der Waals surface area contributed by atoms with E-state index in [1.165, 1.54) is 25.1 Å². The first-order chi connectivity index (χ1) is 7.97. The van der Waals surface area contributed by atoms with E-state index in [9.17, 15) is 20.1 Å². The van der Waals surface area contributed by atoms with Gasteiger partial charge in [0.1, 0.15) is 11.9 Å². The molecule has 0 aliphatic rings. The van der Waals surface area contributed by atoms with Crippen molar-refractivity contribution in [1.82, 2.24) is 5.32 Å². The molecular weight excluding hydrogens is 222 g/mol. The van der Waals surface area contributed by atoms with Crippen LogP contribution >= 0.6 is 0 Å². The summed E-state index contributed by atoms with van der Waals surface area (Å²) in [7, 11) is 1.66. The van der Waals surface area contributed by atoms with Crippen LogP contribution in [0.4, 0.5) is 0 Å². The number of phenolic OH excluding ortho intramolecular Hbond substituents is 1. The van der Waals surface area contributed by atoms with Gasteiger partial charge in [-0.15, -0.1) is 0 Å². The molecule has 2 atom stereocenters. The molecule has 2 unspecified atom stereocenters. The molecule has 0 bridgehead atoms. The van der Waals surface area contributed by atoms with Crippen molar-refractivity contribution >= 4 is 5.78 Å². The summed E-state index contributed by atoms with van der Waals surface area (Å²) in [6, 6.07) is 4.24. The fraction of sp³-hybridized carbons (Fsp3) is 0.417. The van der Waals surface area contributed by atoms with Gasteiger partial charge in [0.05, 0.1) is 11.7 Å². The third kappa shape index (κ3) is 3.26. The lowest BCUT2D eigenvalue weighted by molar-refractivity contribution is 0.0201. The summed E-state index contributed by atoms with van der Waals surface area (Å²) >= 11 is 0. The number of hydrogen-bond acceptors (Lipinski definition) is 5. The molecule has 17 heavy (non-hydrogen) atoms. The smallest absolute Gasteiger partial charge is 0.163 e. The van der Waals surface area contributed by atoms with E-state index in [0.717, 1.165) is 0 Å². The Morgan fingerprint density at radius 2 is 2.06 bits per heavy atom. The number of carbonyl (C=O) groups is 1. The van der Waals surface area contributed by atoms with E-state index in [-0.39, 0.29) is 23.6 Å². The van der Waals surface area contributed by atoms with E-state index in [0.29, 0.717) is 5.56 Å². The van der Waals surface area contributed by atoms with Crippen molar-refractivity contribution in [1.29, 1.82) is 0 Å². The van der Waals surface area contributed by atoms with Crippen LogP contribution in [0.3, 0.4) is 0 Å². The molecule has 1 aromatic rings. The zero-order valence-electron chi connectivity index (χ0n) is 9.84. The number of likely N-dealkylation sites (N-methyl/N-ethyl adjacent to an activating group) is 1. The zero-order valence-corrected chi connectivity index (χ0v) is 9.84. The topological polar surface area (TPSA) is 89.8 Å². The van der Waals surface area contributed by atoms with Gasteiger partial charge in [-0.25, -0.2) is 0 Å². The Bertz CT molecular complexity index is 405. The first kappa shape index (κ1) is 13.6. The van der Waals surface area contributed by atoms with Gasteiger partial charge in [0.25, 0.3) is 0 Å². The molecular formula is C12H17NO4. The van der Waals surface area contributed by atoms with Gasteiger partial charge in [0.15, 0.2) is 5.78 Å². The van der Waals surface area contributed by atoms with Crippen molar-refractivity contribution < 1.29 is 20.1 Å². The number of aliphatic hydroxyl groups is 2. The van der Waals surface area contributed by atoms with Crippen LogP contribution in [0.1, 0.15) is 28.9 Å². The minimum Gasteiger partial charge on any atom is -0.507 e. The molecule has 0 heterocycles. The molecule has 0 saturated heterocycles. The summed E-state index contributed by atoms with van der Waals surface area (Å²) in [5.41, 5.74) is 0.569. The van der Waals surface area contributed by atoms with Gasteiger partial charge in [-0.2, -0.15) is 0 Å². The van der Waals surface area contributed by atoms with Crippen LogP contribution in [0, 0.1) is 0 Å². The average Bonchev–Trinajstić information content (AvgIpc) is 2.27. The lowest BCUT2D eigenvalue weighted by Gasteiger charge is -2.18. The van der Waals surface area contributed by atoms with Crippen molar-refractivity contribution in [2.24, 2.45) is 0 Å². The van der Waals surface area contributed by atoms with Gasteiger partial charge >= 0.3 is 0 Å². The lowest BCUT2D eigenvalue weighted by Crippen LogP contribution is -2.29. The summed E-state index contributed by atoms with van der Waals surface area (Å²) in [5, 5.41) is 31.7. The maximum Gasteiger partial charge on any atom is 0.163 e. The van der Waals surface area contributed by atoms with Crippen LogP contribution in [-0.2, 0) is 0 Å². The zero-order chi connectivity index (χ0) is 13.0. The van der Waals surface area contributed by atoms with E-state index < -0.39 is 12.2 Å². The number of aromatic hydroxyl groups is 1. The number of carbonyl (C=O) groups excluding carboxylic acids is 1. The van der Waals surface area contributed by atoms with Crippen molar-refractivity contribution in [3.8, 4) is 5.75 Å². The lowest BCUT2D eigenvalue weighted by atomic mass is 10.0. The summed E-state index contributed by atoms with van der Waals surface area (Å²) in [5.74, 6) is -0.440. The standard InChI is InChI=1S/C12H17NO4/c1-7(14)9-4-3-8(5-10(9)15)12(17)11(16)6-13-2/h3-5,11-13,15-17H,6H2,1-2H3. The van der Waals surface area contributed by atoms with Crippen LogP contribution in [0.5, 0.6) is 5.75 Å². The number of hydrogen-bond donors (Lipinski definition) is 4. The molecule has 0 radical (unpaired) electrons. The minimum absolute atomic E-state index is 0.189. The van der Waals surface area contributed by atoms with Crippen LogP contribution < -0.4 is 5.32 Å². The van der Waals surface area contributed by atoms with Gasteiger partial charge in [-0.05, 0) is 31.7 Å². The molecule has 0 aliphatic carbocycles. The number of rotatable bonds is 5. The van der Waals surface area contributed by atoms with Crippen molar-refractivity contribution in [3.05, 3.63) is 29.3 Å². The number of aliphatic hydroxyl groups excluding tert-OH is 2. The molecule has 0 aliphatic heterocycles. The highest BCUT2D eigenvalue weighted by Crippen LogP contribution is 2.24. The maximum absolute atomic E-state index is 11.1. The fourth-order valence-electron chi connectivity index (χ4n) is 1.57. The van der Waals surface area contributed by atoms with E-state index in [4.69, 9.17) is 0 Å². The summed E-state index contributed by atoms with van der Waals surface area (Å²) in [4.78, 5) is 11.1. The van der Waals surface area contributed by atoms with Gasteiger partial charge in [-0.3, -0.25) is 4.79 Å². The number of ketones is 1. The highest BCUT2D eigenvalue weighted by Gasteiger charge is 2.19. The quantitative estimate of drug-likeness (QED) is 0.551. The Morgan fingerprint density at radius 3 is 2.53 bits per heavy atom. The maximum atomic E-state index is 11.1. The van der Waals surface area contributed by atoms with Crippen LogP contribution in [0.15, 0.2) is 18.2 Å². The predicted molar refractivity (Wildman–Crippen MR) is 63.0 cm³/mol. The number of nitrogens with one attached hydrogen (secondary N) is 1. The van der Waals surface area contributed by atoms with Crippen LogP contribution in [-0.4, -0.2) is 40.8 Å². The molecule has 1 aromatic carbocycles. The molecule has 0 spiro atoms. The minimum atomic E-state index is -1.10. The normalized spacial score (nSPS) is 14.4. The van der Waals surface area contributed by atoms with Crippen LogP contribution in [0.25, 0.3) is 0 Å². The Labute approximate surface area is 99.7 Å². The van der Waals surface area contributed by atoms with E-state index >= 15 is 0 Å². The molecule has 1 rings (SSSR count).